The van der Waals surface area contributed by atoms with Gasteiger partial charge in [0.2, 0.25) is 0 Å². The molecule has 0 amide bonds. The maximum atomic E-state index is 11.1. The van der Waals surface area contributed by atoms with Gasteiger partial charge in [-0.2, -0.15) is 0 Å². The van der Waals surface area contributed by atoms with Crippen LogP contribution in [0.4, 0.5) is 5.69 Å². The zero-order valence-electron chi connectivity index (χ0n) is 12.0. The smallest absolute Gasteiger partial charge is 0.384 e. The number of nitro groups is 1. The van der Waals surface area contributed by atoms with Gasteiger partial charge in [-0.05, 0) is 13.0 Å². The molecule has 0 aliphatic rings. The quantitative estimate of drug-likeness (QED) is 0.270. The first kappa shape index (κ1) is 16.3. The van der Waals surface area contributed by atoms with Gasteiger partial charge < -0.3 is 14.2 Å². The van der Waals surface area contributed by atoms with Gasteiger partial charge >= 0.3 is 5.97 Å². The predicted molar refractivity (Wildman–Crippen MR) is 74.3 cm³/mol. The standard InChI is InChI=1S/C14H15NO6/c1-4-21-14(16)7-5-6-10-8-12(19-2)13(20-3)9-11(10)15(17)18/h8-9H,4,6H2,1-3H3. The van der Waals surface area contributed by atoms with Gasteiger partial charge in [0.25, 0.3) is 5.69 Å². The van der Waals surface area contributed by atoms with Gasteiger partial charge in [0.1, 0.15) is 0 Å². The van der Waals surface area contributed by atoms with Crippen molar-refractivity contribution in [1.29, 1.82) is 0 Å². The van der Waals surface area contributed by atoms with Gasteiger partial charge in [0.15, 0.2) is 11.5 Å². The highest BCUT2D eigenvalue weighted by Crippen LogP contribution is 2.34. The first-order valence-electron chi connectivity index (χ1n) is 6.08. The van der Waals surface area contributed by atoms with Crippen LogP contribution < -0.4 is 9.47 Å². The van der Waals surface area contributed by atoms with Crippen LogP contribution >= 0.6 is 0 Å². The zero-order chi connectivity index (χ0) is 15.8. The van der Waals surface area contributed by atoms with Crippen molar-refractivity contribution >= 4 is 11.7 Å². The lowest BCUT2D eigenvalue weighted by Crippen LogP contribution is -2.01. The summed E-state index contributed by atoms with van der Waals surface area (Å²) in [5.74, 6) is 4.75. The Labute approximate surface area is 122 Å². The molecular formula is C14H15NO6. The number of hydrogen-bond acceptors (Lipinski definition) is 6. The summed E-state index contributed by atoms with van der Waals surface area (Å²) in [5.41, 5.74) is 0.181. The Balaban J connectivity index is 3.10. The Morgan fingerprint density at radius 1 is 1.29 bits per heavy atom. The minimum atomic E-state index is -0.666. The van der Waals surface area contributed by atoms with E-state index in [4.69, 9.17) is 9.47 Å². The van der Waals surface area contributed by atoms with Crippen LogP contribution in [-0.4, -0.2) is 31.7 Å². The molecule has 0 saturated heterocycles. The molecule has 0 spiro atoms. The second kappa shape index (κ2) is 7.75. The number of rotatable bonds is 5. The summed E-state index contributed by atoms with van der Waals surface area (Å²) >= 11 is 0. The van der Waals surface area contributed by atoms with E-state index in [0.29, 0.717) is 11.3 Å². The summed E-state index contributed by atoms with van der Waals surface area (Å²) in [7, 11) is 2.82. The number of carbonyl (C=O) groups is 1. The second-order valence-corrected chi connectivity index (χ2v) is 3.79. The third-order valence-electron chi connectivity index (χ3n) is 2.53. The Hall–Kier alpha value is -2.75. The fourth-order valence-corrected chi connectivity index (χ4v) is 1.60. The summed E-state index contributed by atoms with van der Waals surface area (Å²) in [6.07, 6.45) is 0.0233. The molecule has 1 rings (SSSR count). The molecule has 21 heavy (non-hydrogen) atoms. The Kier molecular flexibility index (Phi) is 6.01. The molecule has 1 aromatic rings. The van der Waals surface area contributed by atoms with Crippen LogP contribution in [0.1, 0.15) is 12.5 Å². The molecule has 7 nitrogen and oxygen atoms in total. The van der Waals surface area contributed by atoms with E-state index >= 15 is 0 Å². The van der Waals surface area contributed by atoms with Crippen LogP contribution in [0.15, 0.2) is 12.1 Å². The number of methoxy groups -OCH3 is 2. The van der Waals surface area contributed by atoms with Crippen LogP contribution in [0, 0.1) is 22.0 Å². The molecule has 0 aliphatic heterocycles. The highest BCUT2D eigenvalue weighted by molar-refractivity contribution is 5.88. The molecule has 112 valence electrons. The first-order valence-corrected chi connectivity index (χ1v) is 6.08. The fourth-order valence-electron chi connectivity index (χ4n) is 1.60. The molecule has 1 aromatic carbocycles. The van der Waals surface area contributed by atoms with Crippen molar-refractivity contribution < 1.29 is 23.9 Å². The molecule has 0 radical (unpaired) electrons. The molecule has 0 bridgehead atoms. The van der Waals surface area contributed by atoms with E-state index in [1.807, 2.05) is 0 Å². The van der Waals surface area contributed by atoms with Crippen LogP contribution in [0.5, 0.6) is 11.5 Å². The molecule has 0 aliphatic carbocycles. The minimum absolute atomic E-state index is 0.0233. The number of hydrogen-bond donors (Lipinski definition) is 0. The molecule has 0 aromatic heterocycles. The Morgan fingerprint density at radius 2 is 1.90 bits per heavy atom. The van der Waals surface area contributed by atoms with Crippen molar-refractivity contribution in [2.75, 3.05) is 20.8 Å². The minimum Gasteiger partial charge on any atom is -0.493 e. The van der Waals surface area contributed by atoms with Crippen molar-refractivity contribution in [3.8, 4) is 23.3 Å². The maximum absolute atomic E-state index is 11.1. The lowest BCUT2D eigenvalue weighted by Gasteiger charge is -2.09. The van der Waals surface area contributed by atoms with Crippen molar-refractivity contribution in [2.24, 2.45) is 0 Å². The lowest BCUT2D eigenvalue weighted by atomic mass is 10.1. The highest BCUT2D eigenvalue weighted by Gasteiger charge is 2.18. The number of esters is 1. The van der Waals surface area contributed by atoms with Crippen LogP contribution in [0.25, 0.3) is 0 Å². The van der Waals surface area contributed by atoms with Gasteiger partial charge in [-0.1, -0.05) is 5.92 Å². The van der Waals surface area contributed by atoms with E-state index in [1.54, 1.807) is 6.92 Å². The number of nitrogens with zero attached hydrogens (tertiary/aromatic N) is 1. The molecule has 0 N–H and O–H groups in total. The fraction of sp³-hybridized carbons (Fsp3) is 0.357. The SMILES string of the molecule is CCOC(=O)C#CCc1cc(OC)c(OC)cc1[N+](=O)[O-]. The summed E-state index contributed by atoms with van der Waals surface area (Å²) in [6.45, 7) is 1.89. The monoisotopic (exact) mass is 293 g/mol. The number of nitro benzene ring substituents is 1. The van der Waals surface area contributed by atoms with Crippen molar-refractivity contribution in [3.05, 3.63) is 27.8 Å². The summed E-state index contributed by atoms with van der Waals surface area (Å²) in [6, 6.07) is 2.73. The molecular weight excluding hydrogens is 278 g/mol. The van der Waals surface area contributed by atoms with E-state index in [-0.39, 0.29) is 24.5 Å². The maximum Gasteiger partial charge on any atom is 0.384 e. The third kappa shape index (κ3) is 4.38. The van der Waals surface area contributed by atoms with Gasteiger partial charge in [0, 0.05) is 17.9 Å². The molecule has 7 heteroatoms. The van der Waals surface area contributed by atoms with Gasteiger partial charge in [-0.15, -0.1) is 0 Å². The second-order valence-electron chi connectivity index (χ2n) is 3.79. The molecule has 0 fully saturated rings. The van der Waals surface area contributed by atoms with E-state index in [0.717, 1.165) is 0 Å². The van der Waals surface area contributed by atoms with Crippen LogP contribution in [0.2, 0.25) is 0 Å². The normalized spacial score (nSPS) is 9.29. The predicted octanol–water partition coefficient (Wildman–Crippen LogP) is 1.72. The van der Waals surface area contributed by atoms with Gasteiger partial charge in [-0.25, -0.2) is 4.79 Å². The van der Waals surface area contributed by atoms with Gasteiger partial charge in [0.05, 0.1) is 31.8 Å². The zero-order valence-corrected chi connectivity index (χ0v) is 12.0. The van der Waals surface area contributed by atoms with Gasteiger partial charge in [-0.3, -0.25) is 10.1 Å². The number of ether oxygens (including phenoxy) is 3. The Bertz CT molecular complexity index is 599. The molecule has 0 saturated carbocycles. The average molecular weight is 293 g/mol. The summed E-state index contributed by atoms with van der Waals surface area (Å²) in [4.78, 5) is 21.6. The van der Waals surface area contributed by atoms with Crippen molar-refractivity contribution in [3.63, 3.8) is 0 Å². The van der Waals surface area contributed by atoms with E-state index in [2.05, 4.69) is 16.6 Å². The third-order valence-corrected chi connectivity index (χ3v) is 2.53. The van der Waals surface area contributed by atoms with Crippen LogP contribution in [-0.2, 0) is 16.0 Å². The topological polar surface area (TPSA) is 87.9 Å². The highest BCUT2D eigenvalue weighted by atomic mass is 16.6. The largest absolute Gasteiger partial charge is 0.493 e. The van der Waals surface area contributed by atoms with E-state index in [1.165, 1.54) is 26.4 Å². The van der Waals surface area contributed by atoms with Crippen molar-refractivity contribution in [2.45, 2.75) is 13.3 Å². The molecule has 0 unspecified atom stereocenters. The Morgan fingerprint density at radius 3 is 2.43 bits per heavy atom. The average Bonchev–Trinajstić information content (AvgIpc) is 2.46. The molecule has 0 atom stereocenters. The number of benzene rings is 1. The first-order chi connectivity index (χ1) is 10.0. The molecule has 0 heterocycles. The van der Waals surface area contributed by atoms with Crippen molar-refractivity contribution in [1.82, 2.24) is 0 Å². The summed E-state index contributed by atoms with van der Waals surface area (Å²) in [5, 5.41) is 11.1. The summed E-state index contributed by atoms with van der Waals surface area (Å²) < 4.78 is 14.8. The van der Waals surface area contributed by atoms with E-state index in [9.17, 15) is 14.9 Å². The lowest BCUT2D eigenvalue weighted by molar-refractivity contribution is -0.385. The van der Waals surface area contributed by atoms with Crippen LogP contribution in [0.3, 0.4) is 0 Å². The van der Waals surface area contributed by atoms with E-state index < -0.39 is 10.9 Å². The number of carbonyl (C=O) groups excluding carboxylic acids is 1.